The zero-order chi connectivity index (χ0) is 12.6. The summed E-state index contributed by atoms with van der Waals surface area (Å²) >= 11 is 7.44. The van der Waals surface area contributed by atoms with E-state index < -0.39 is 24.5 Å². The number of hydrogen-bond acceptors (Lipinski definition) is 7. The Hall–Kier alpha value is 0.0500. The van der Waals surface area contributed by atoms with Gasteiger partial charge in [0.25, 0.3) is 0 Å². The summed E-state index contributed by atoms with van der Waals surface area (Å²) in [6.07, 6.45) is 0.164. The number of carbonyl (C=O) groups excluding carboxylic acids is 1. The van der Waals surface area contributed by atoms with Crippen molar-refractivity contribution in [3.05, 3.63) is 0 Å². The Morgan fingerprint density at radius 1 is 1.56 bits per heavy atom. The first-order valence-electron chi connectivity index (χ1n) is 4.98. The van der Waals surface area contributed by atoms with E-state index >= 15 is 0 Å². The van der Waals surface area contributed by atoms with Crippen LogP contribution in [0.4, 0.5) is 0 Å². The predicted octanol–water partition coefficient (Wildman–Crippen LogP) is 0.560. The first-order chi connectivity index (χ1) is 7.56. The zero-order valence-corrected chi connectivity index (χ0v) is 10.9. The molecule has 0 bridgehead atoms. The Morgan fingerprint density at radius 3 is 2.56 bits per heavy atom. The molecule has 0 spiro atoms. The van der Waals surface area contributed by atoms with E-state index in [-0.39, 0.29) is 12.2 Å². The Balaban J connectivity index is 4.30. The SMILES string of the molecule is CCCCC(=O)OC(O)C(CO)(CS)OS. The summed E-state index contributed by atoms with van der Waals surface area (Å²) in [5, 5.41) is 18.7. The van der Waals surface area contributed by atoms with Gasteiger partial charge in [0.1, 0.15) is 0 Å². The second-order valence-electron chi connectivity index (χ2n) is 3.42. The summed E-state index contributed by atoms with van der Waals surface area (Å²) in [6, 6.07) is 0. The molecule has 0 saturated carbocycles. The van der Waals surface area contributed by atoms with Crippen LogP contribution in [0, 0.1) is 0 Å². The van der Waals surface area contributed by atoms with Crippen LogP contribution in [-0.2, 0) is 13.7 Å². The summed E-state index contributed by atoms with van der Waals surface area (Å²) in [4.78, 5) is 11.2. The molecule has 0 saturated heterocycles. The van der Waals surface area contributed by atoms with E-state index in [9.17, 15) is 9.90 Å². The number of esters is 1. The van der Waals surface area contributed by atoms with E-state index in [0.717, 1.165) is 6.42 Å². The highest BCUT2D eigenvalue weighted by Crippen LogP contribution is 2.21. The highest BCUT2D eigenvalue weighted by molar-refractivity contribution is 7.80. The second kappa shape index (κ2) is 8.19. The lowest BCUT2D eigenvalue weighted by Crippen LogP contribution is -2.50. The van der Waals surface area contributed by atoms with Gasteiger partial charge in [-0.15, -0.1) is 0 Å². The molecule has 0 amide bonds. The molecular formula is C9H18O5S2. The average molecular weight is 270 g/mol. The summed E-state index contributed by atoms with van der Waals surface area (Å²) in [5.74, 6) is -0.575. The molecule has 2 N–H and O–H groups in total. The Morgan fingerprint density at radius 2 is 2.19 bits per heavy atom. The predicted molar refractivity (Wildman–Crippen MR) is 65.4 cm³/mol. The van der Waals surface area contributed by atoms with Crippen molar-refractivity contribution < 1.29 is 23.9 Å². The van der Waals surface area contributed by atoms with Crippen molar-refractivity contribution in [1.82, 2.24) is 0 Å². The lowest BCUT2D eigenvalue weighted by molar-refractivity contribution is -0.206. The molecule has 2 unspecified atom stereocenters. The number of aliphatic hydroxyl groups is 2. The van der Waals surface area contributed by atoms with E-state index in [0.29, 0.717) is 6.42 Å². The molecule has 2 atom stereocenters. The van der Waals surface area contributed by atoms with Crippen molar-refractivity contribution in [3.8, 4) is 0 Å². The Labute approximate surface area is 106 Å². The van der Waals surface area contributed by atoms with Gasteiger partial charge in [0.15, 0.2) is 5.60 Å². The highest BCUT2D eigenvalue weighted by atomic mass is 32.1. The van der Waals surface area contributed by atoms with Gasteiger partial charge in [-0.05, 0) is 19.3 Å². The second-order valence-corrected chi connectivity index (χ2v) is 3.92. The number of hydrogen-bond donors (Lipinski definition) is 4. The molecule has 0 aromatic heterocycles. The molecule has 0 aliphatic rings. The minimum absolute atomic E-state index is 0.0325. The van der Waals surface area contributed by atoms with Crippen molar-refractivity contribution in [1.29, 1.82) is 0 Å². The summed E-state index contributed by atoms with van der Waals surface area (Å²) in [5.41, 5.74) is -1.49. The van der Waals surface area contributed by atoms with Gasteiger partial charge in [-0.3, -0.25) is 4.79 Å². The molecule has 0 aromatic rings. The van der Waals surface area contributed by atoms with E-state index in [1.807, 2.05) is 6.92 Å². The van der Waals surface area contributed by atoms with Gasteiger partial charge >= 0.3 is 5.97 Å². The molecule has 16 heavy (non-hydrogen) atoms. The first kappa shape index (κ1) is 16.1. The van der Waals surface area contributed by atoms with Crippen molar-refractivity contribution in [2.45, 2.75) is 38.1 Å². The van der Waals surface area contributed by atoms with Gasteiger partial charge in [-0.2, -0.15) is 12.6 Å². The molecule has 0 aliphatic heterocycles. The third-order valence-electron chi connectivity index (χ3n) is 2.14. The summed E-state index contributed by atoms with van der Waals surface area (Å²) < 4.78 is 9.37. The number of rotatable bonds is 8. The molecule has 0 aromatic carbocycles. The van der Waals surface area contributed by atoms with E-state index in [2.05, 4.69) is 29.7 Å². The monoisotopic (exact) mass is 270 g/mol. The van der Waals surface area contributed by atoms with Crippen LogP contribution in [0.5, 0.6) is 0 Å². The lowest BCUT2D eigenvalue weighted by atomic mass is 10.1. The fraction of sp³-hybridized carbons (Fsp3) is 0.889. The minimum Gasteiger partial charge on any atom is -0.433 e. The first-order valence-corrected chi connectivity index (χ1v) is 5.98. The number of carbonyl (C=O) groups is 1. The number of unbranched alkanes of at least 4 members (excludes halogenated alkanes) is 1. The number of ether oxygens (including phenoxy) is 1. The topological polar surface area (TPSA) is 76.0 Å². The van der Waals surface area contributed by atoms with Crippen molar-refractivity contribution in [2.24, 2.45) is 0 Å². The smallest absolute Gasteiger partial charge is 0.308 e. The van der Waals surface area contributed by atoms with Crippen molar-refractivity contribution in [2.75, 3.05) is 12.4 Å². The average Bonchev–Trinajstić information content (AvgIpc) is 2.29. The normalized spacial score (nSPS) is 16.6. The molecule has 0 fully saturated rings. The molecule has 96 valence electrons. The van der Waals surface area contributed by atoms with Crippen LogP contribution in [0.25, 0.3) is 0 Å². The van der Waals surface area contributed by atoms with Gasteiger partial charge in [-0.25, -0.2) is 0 Å². The summed E-state index contributed by atoms with van der Waals surface area (Å²) in [7, 11) is 0. The van der Waals surface area contributed by atoms with E-state index in [4.69, 9.17) is 9.84 Å². The van der Waals surface area contributed by atoms with E-state index in [1.54, 1.807) is 0 Å². The van der Waals surface area contributed by atoms with Gasteiger partial charge in [0, 0.05) is 12.2 Å². The highest BCUT2D eigenvalue weighted by Gasteiger charge is 2.40. The van der Waals surface area contributed by atoms with Crippen LogP contribution < -0.4 is 0 Å². The molecule has 7 heteroatoms. The van der Waals surface area contributed by atoms with Crippen molar-refractivity contribution in [3.63, 3.8) is 0 Å². The molecular weight excluding hydrogens is 252 g/mol. The third-order valence-corrected chi connectivity index (χ3v) is 3.04. The maximum atomic E-state index is 11.2. The van der Waals surface area contributed by atoms with Crippen LogP contribution in [0.2, 0.25) is 0 Å². The van der Waals surface area contributed by atoms with Gasteiger partial charge < -0.3 is 19.1 Å². The molecule has 5 nitrogen and oxygen atoms in total. The maximum Gasteiger partial charge on any atom is 0.308 e. The fourth-order valence-electron chi connectivity index (χ4n) is 0.921. The van der Waals surface area contributed by atoms with Gasteiger partial charge in [-0.1, -0.05) is 13.3 Å². The summed E-state index contributed by atoms with van der Waals surface area (Å²) in [6.45, 7) is 1.38. The number of thiol groups is 2. The van der Waals surface area contributed by atoms with Crippen LogP contribution in [0.1, 0.15) is 26.2 Å². The quantitative estimate of drug-likeness (QED) is 0.224. The zero-order valence-electron chi connectivity index (χ0n) is 9.13. The Bertz CT molecular complexity index is 200. The third kappa shape index (κ3) is 4.50. The molecule has 0 aliphatic carbocycles. The molecule has 0 heterocycles. The van der Waals surface area contributed by atoms with Crippen LogP contribution in [0.3, 0.4) is 0 Å². The molecule has 0 radical (unpaired) electrons. The van der Waals surface area contributed by atoms with Crippen LogP contribution >= 0.6 is 25.5 Å². The van der Waals surface area contributed by atoms with Gasteiger partial charge in [0.05, 0.1) is 6.61 Å². The minimum atomic E-state index is -1.59. The van der Waals surface area contributed by atoms with Crippen LogP contribution in [-0.4, -0.2) is 40.4 Å². The van der Waals surface area contributed by atoms with Crippen molar-refractivity contribution >= 4 is 31.5 Å². The number of aliphatic hydroxyl groups excluding tert-OH is 2. The maximum absolute atomic E-state index is 11.2. The molecule has 0 rings (SSSR count). The van der Waals surface area contributed by atoms with Crippen LogP contribution in [0.15, 0.2) is 0 Å². The Kier molecular flexibility index (Phi) is 8.21. The standard InChI is InChI=1S/C9H18O5S2/c1-2-3-4-7(11)13-8(12)9(5-10,6-15)14-16/h8,10,12,15-16H,2-6H2,1H3. The fourth-order valence-corrected chi connectivity index (χ4v) is 1.56. The largest absolute Gasteiger partial charge is 0.433 e. The lowest BCUT2D eigenvalue weighted by Gasteiger charge is -2.31. The van der Waals surface area contributed by atoms with E-state index in [1.165, 1.54) is 0 Å². The van der Waals surface area contributed by atoms with Gasteiger partial charge in [0.2, 0.25) is 6.29 Å².